The zero-order chi connectivity index (χ0) is 10.0. The molecule has 0 radical (unpaired) electrons. The van der Waals surface area contributed by atoms with Gasteiger partial charge in [-0.2, -0.15) is 12.6 Å². The molecule has 0 N–H and O–H groups in total. The highest BCUT2D eigenvalue weighted by Crippen LogP contribution is 2.15. The number of imidazole rings is 1. The molecule has 0 saturated carbocycles. The minimum atomic E-state index is -0.434. The molecule has 0 aromatic carbocycles. The Labute approximate surface area is 81.3 Å². The number of aryl methyl sites for hydroxylation is 1. The number of thiol groups is 1. The number of rotatable bonds is 3. The summed E-state index contributed by atoms with van der Waals surface area (Å²) in [6, 6.07) is 0. The average Bonchev–Trinajstić information content (AvgIpc) is 2.32. The topological polar surface area (TPSA) is 61.0 Å². The molecule has 72 valence electrons. The Morgan fingerprint density at radius 1 is 1.85 bits per heavy atom. The molecule has 0 fully saturated rings. The van der Waals surface area contributed by atoms with Gasteiger partial charge in [-0.15, -0.1) is 0 Å². The van der Waals surface area contributed by atoms with E-state index in [0.29, 0.717) is 12.4 Å². The van der Waals surface area contributed by atoms with Crippen molar-refractivity contribution < 1.29 is 4.92 Å². The molecule has 13 heavy (non-hydrogen) atoms. The molecule has 0 spiro atoms. The Balaban J connectivity index is 3.01. The van der Waals surface area contributed by atoms with Gasteiger partial charge in [-0.25, -0.2) is 9.55 Å². The predicted octanol–water partition coefficient (Wildman–Crippen LogP) is 1.42. The number of aromatic nitrogens is 2. The molecule has 0 aliphatic carbocycles. The SMILES string of the molecule is Cc1ncc([N+](=O)[O-])n1C[C@@H](C)S. The molecule has 5 nitrogen and oxygen atoms in total. The van der Waals surface area contributed by atoms with Crippen LogP contribution in [0.4, 0.5) is 5.82 Å². The van der Waals surface area contributed by atoms with Crippen LogP contribution in [0.15, 0.2) is 6.20 Å². The number of hydrogen-bond donors (Lipinski definition) is 1. The van der Waals surface area contributed by atoms with Gasteiger partial charge in [0.25, 0.3) is 0 Å². The van der Waals surface area contributed by atoms with E-state index in [0.717, 1.165) is 0 Å². The summed E-state index contributed by atoms with van der Waals surface area (Å²) in [7, 11) is 0. The molecule has 0 amide bonds. The lowest BCUT2D eigenvalue weighted by molar-refractivity contribution is -0.392. The Morgan fingerprint density at radius 3 is 2.92 bits per heavy atom. The van der Waals surface area contributed by atoms with Crippen LogP contribution in [-0.4, -0.2) is 19.7 Å². The summed E-state index contributed by atoms with van der Waals surface area (Å²) in [5.41, 5.74) is 0. The first kappa shape index (κ1) is 10.0. The van der Waals surface area contributed by atoms with Crippen LogP contribution in [0.25, 0.3) is 0 Å². The largest absolute Gasteiger partial charge is 0.358 e. The zero-order valence-electron chi connectivity index (χ0n) is 7.47. The first-order chi connectivity index (χ1) is 6.02. The third kappa shape index (κ3) is 2.21. The highest BCUT2D eigenvalue weighted by atomic mass is 32.1. The van der Waals surface area contributed by atoms with Crippen LogP contribution in [0.5, 0.6) is 0 Å². The fourth-order valence-corrected chi connectivity index (χ4v) is 1.26. The Hall–Kier alpha value is -1.04. The molecule has 1 aromatic rings. The van der Waals surface area contributed by atoms with E-state index < -0.39 is 4.92 Å². The lowest BCUT2D eigenvalue weighted by atomic mass is 10.4. The molecule has 1 heterocycles. The van der Waals surface area contributed by atoms with Crippen molar-refractivity contribution in [3.63, 3.8) is 0 Å². The first-order valence-electron chi connectivity index (χ1n) is 3.87. The molecule has 0 bridgehead atoms. The molecule has 1 rings (SSSR count). The minimum Gasteiger partial charge on any atom is -0.358 e. The third-order valence-corrected chi connectivity index (χ3v) is 1.83. The zero-order valence-corrected chi connectivity index (χ0v) is 8.36. The van der Waals surface area contributed by atoms with E-state index in [1.807, 2.05) is 6.92 Å². The summed E-state index contributed by atoms with van der Waals surface area (Å²) < 4.78 is 1.55. The Bertz CT molecular complexity index is 322. The van der Waals surface area contributed by atoms with Gasteiger partial charge in [-0.3, -0.25) is 0 Å². The molecular weight excluding hydrogens is 190 g/mol. The van der Waals surface area contributed by atoms with Crippen molar-refractivity contribution in [3.8, 4) is 0 Å². The summed E-state index contributed by atoms with van der Waals surface area (Å²) in [4.78, 5) is 14.0. The smallest absolute Gasteiger partial charge is 0.342 e. The number of hydrogen-bond acceptors (Lipinski definition) is 4. The van der Waals surface area contributed by atoms with E-state index in [-0.39, 0.29) is 11.1 Å². The van der Waals surface area contributed by atoms with Gasteiger partial charge in [0.05, 0.1) is 0 Å². The van der Waals surface area contributed by atoms with Crippen molar-refractivity contribution in [1.29, 1.82) is 0 Å². The van der Waals surface area contributed by atoms with Gasteiger partial charge in [-0.05, 0) is 11.8 Å². The number of nitrogens with zero attached hydrogens (tertiary/aromatic N) is 3. The molecule has 0 unspecified atom stereocenters. The van der Waals surface area contributed by atoms with Gasteiger partial charge in [0.2, 0.25) is 0 Å². The maximum Gasteiger partial charge on any atom is 0.342 e. The van der Waals surface area contributed by atoms with Crippen LogP contribution >= 0.6 is 12.6 Å². The second-order valence-corrected chi connectivity index (χ2v) is 3.76. The first-order valence-corrected chi connectivity index (χ1v) is 4.38. The van der Waals surface area contributed by atoms with Gasteiger partial charge in [0.1, 0.15) is 12.7 Å². The standard InChI is InChI=1S/C7H11N3O2S/c1-5(13)4-9-6(2)8-3-7(9)10(11)12/h3,5,13H,4H2,1-2H3/t5-/m1/s1. The monoisotopic (exact) mass is 201 g/mol. The van der Waals surface area contributed by atoms with Crippen molar-refractivity contribution in [2.75, 3.05) is 0 Å². The second kappa shape index (κ2) is 3.78. The third-order valence-electron chi connectivity index (χ3n) is 1.67. The summed E-state index contributed by atoms with van der Waals surface area (Å²) in [6.45, 7) is 4.13. The van der Waals surface area contributed by atoms with E-state index in [4.69, 9.17) is 0 Å². The summed E-state index contributed by atoms with van der Waals surface area (Å²) in [6.07, 6.45) is 1.27. The van der Waals surface area contributed by atoms with E-state index >= 15 is 0 Å². The van der Waals surface area contributed by atoms with E-state index in [1.165, 1.54) is 6.20 Å². The summed E-state index contributed by atoms with van der Waals surface area (Å²) in [5, 5.41) is 10.6. The van der Waals surface area contributed by atoms with Crippen LogP contribution < -0.4 is 0 Å². The van der Waals surface area contributed by atoms with Crippen LogP contribution in [0, 0.1) is 17.0 Å². The van der Waals surface area contributed by atoms with Crippen molar-refractivity contribution in [2.45, 2.75) is 25.6 Å². The molecule has 0 aliphatic rings. The lowest BCUT2D eigenvalue weighted by Gasteiger charge is -2.04. The fraction of sp³-hybridized carbons (Fsp3) is 0.571. The van der Waals surface area contributed by atoms with Crippen LogP contribution in [0.2, 0.25) is 0 Å². The molecular formula is C7H11N3O2S. The normalized spacial score (nSPS) is 12.8. The quantitative estimate of drug-likeness (QED) is 0.457. The van der Waals surface area contributed by atoms with Crippen molar-refractivity contribution >= 4 is 18.4 Å². The van der Waals surface area contributed by atoms with Gasteiger partial charge < -0.3 is 10.1 Å². The Morgan fingerprint density at radius 2 is 2.46 bits per heavy atom. The number of nitro groups is 1. The van der Waals surface area contributed by atoms with Crippen LogP contribution in [0.1, 0.15) is 12.7 Å². The van der Waals surface area contributed by atoms with E-state index in [9.17, 15) is 10.1 Å². The molecule has 0 saturated heterocycles. The van der Waals surface area contributed by atoms with Crippen LogP contribution in [-0.2, 0) is 6.54 Å². The van der Waals surface area contributed by atoms with Crippen molar-refractivity contribution in [2.24, 2.45) is 0 Å². The predicted molar refractivity (Wildman–Crippen MR) is 52.1 cm³/mol. The van der Waals surface area contributed by atoms with Gasteiger partial charge >= 0.3 is 5.82 Å². The van der Waals surface area contributed by atoms with Gasteiger partial charge in [0.15, 0.2) is 5.82 Å². The highest BCUT2D eigenvalue weighted by Gasteiger charge is 2.17. The second-order valence-electron chi connectivity index (χ2n) is 2.88. The summed E-state index contributed by atoms with van der Waals surface area (Å²) in [5.74, 6) is 0.672. The molecule has 1 atom stereocenters. The fourth-order valence-electron chi connectivity index (χ4n) is 1.09. The van der Waals surface area contributed by atoms with E-state index in [2.05, 4.69) is 17.6 Å². The highest BCUT2D eigenvalue weighted by molar-refractivity contribution is 7.80. The lowest BCUT2D eigenvalue weighted by Crippen LogP contribution is -2.11. The van der Waals surface area contributed by atoms with Crippen molar-refractivity contribution in [3.05, 3.63) is 22.1 Å². The van der Waals surface area contributed by atoms with Gasteiger partial charge in [0, 0.05) is 12.2 Å². The molecule has 6 heteroatoms. The summed E-state index contributed by atoms with van der Waals surface area (Å²) >= 11 is 4.18. The maximum atomic E-state index is 10.5. The average molecular weight is 201 g/mol. The molecule has 1 aromatic heterocycles. The minimum absolute atomic E-state index is 0.0263. The van der Waals surface area contributed by atoms with E-state index in [1.54, 1.807) is 11.5 Å². The van der Waals surface area contributed by atoms with Crippen LogP contribution in [0.3, 0.4) is 0 Å². The van der Waals surface area contributed by atoms with Crippen molar-refractivity contribution in [1.82, 2.24) is 9.55 Å². The maximum absolute atomic E-state index is 10.5. The molecule has 0 aliphatic heterocycles. The van der Waals surface area contributed by atoms with Gasteiger partial charge in [-0.1, -0.05) is 0 Å². The Kier molecular flexibility index (Phi) is 2.92.